The highest BCUT2D eigenvalue weighted by atomic mass is 32.1. The Hall–Kier alpha value is -2.21. The molecule has 2 aromatic rings. The van der Waals surface area contributed by atoms with Crippen LogP contribution in [-0.2, 0) is 17.6 Å². The standard InChI is InChI=1S/C17H18N2O3S/c1-10-5-6-12-13(8-10)23-16(14(12)17(21)22-2)19-15(20)11-4-3-7-18-9-11/h3-4,7,9-10H,5-6,8H2,1-2H3,(H,19,20)/t10-/m0/s1. The maximum absolute atomic E-state index is 12.4. The van der Waals surface area contributed by atoms with Gasteiger partial charge in [0.05, 0.1) is 18.2 Å². The van der Waals surface area contributed by atoms with E-state index in [2.05, 4.69) is 17.2 Å². The van der Waals surface area contributed by atoms with Gasteiger partial charge < -0.3 is 10.1 Å². The van der Waals surface area contributed by atoms with Crippen LogP contribution in [0.2, 0.25) is 0 Å². The molecule has 5 nitrogen and oxygen atoms in total. The van der Waals surface area contributed by atoms with Gasteiger partial charge in [-0.3, -0.25) is 9.78 Å². The molecule has 1 N–H and O–H groups in total. The molecule has 0 bridgehead atoms. The number of thiophene rings is 1. The predicted octanol–water partition coefficient (Wildman–Crippen LogP) is 3.31. The smallest absolute Gasteiger partial charge is 0.341 e. The van der Waals surface area contributed by atoms with Gasteiger partial charge in [-0.15, -0.1) is 11.3 Å². The van der Waals surface area contributed by atoms with E-state index >= 15 is 0 Å². The van der Waals surface area contributed by atoms with Crippen molar-refractivity contribution in [1.29, 1.82) is 0 Å². The number of nitrogens with zero attached hydrogens (tertiary/aromatic N) is 1. The van der Waals surface area contributed by atoms with Crippen molar-refractivity contribution in [3.8, 4) is 0 Å². The van der Waals surface area contributed by atoms with Gasteiger partial charge in [0, 0.05) is 17.3 Å². The van der Waals surface area contributed by atoms with Crippen molar-refractivity contribution in [3.63, 3.8) is 0 Å². The summed E-state index contributed by atoms with van der Waals surface area (Å²) in [5.41, 5.74) is 2.00. The van der Waals surface area contributed by atoms with Gasteiger partial charge in [-0.05, 0) is 42.9 Å². The second-order valence-electron chi connectivity index (χ2n) is 5.74. The molecule has 1 aliphatic rings. The number of ether oxygens (including phenoxy) is 1. The molecule has 0 aliphatic heterocycles. The number of anilines is 1. The van der Waals surface area contributed by atoms with Crippen molar-refractivity contribution in [2.75, 3.05) is 12.4 Å². The van der Waals surface area contributed by atoms with Crippen LogP contribution in [-0.4, -0.2) is 24.0 Å². The Kier molecular flexibility index (Phi) is 4.43. The molecule has 0 aromatic carbocycles. The number of carbonyl (C=O) groups is 2. The van der Waals surface area contributed by atoms with E-state index in [-0.39, 0.29) is 5.91 Å². The van der Waals surface area contributed by atoms with E-state index in [1.165, 1.54) is 29.5 Å². The van der Waals surface area contributed by atoms with Gasteiger partial charge in [-0.1, -0.05) is 6.92 Å². The average molecular weight is 330 g/mol. The number of hydrogen-bond acceptors (Lipinski definition) is 5. The summed E-state index contributed by atoms with van der Waals surface area (Å²) in [6, 6.07) is 3.40. The largest absolute Gasteiger partial charge is 0.465 e. The third kappa shape index (κ3) is 3.12. The lowest BCUT2D eigenvalue weighted by Crippen LogP contribution is -2.16. The molecule has 1 amide bonds. The van der Waals surface area contributed by atoms with Crippen LogP contribution < -0.4 is 5.32 Å². The Morgan fingerprint density at radius 2 is 2.26 bits per heavy atom. The topological polar surface area (TPSA) is 68.3 Å². The van der Waals surface area contributed by atoms with E-state index < -0.39 is 5.97 Å². The third-order valence-corrected chi connectivity index (χ3v) is 5.22. The molecule has 0 saturated heterocycles. The van der Waals surface area contributed by atoms with Crippen LogP contribution in [0.4, 0.5) is 5.00 Å². The minimum absolute atomic E-state index is 0.269. The van der Waals surface area contributed by atoms with Gasteiger partial charge in [-0.2, -0.15) is 0 Å². The lowest BCUT2D eigenvalue weighted by molar-refractivity contribution is 0.0601. The Morgan fingerprint density at radius 1 is 1.43 bits per heavy atom. The van der Waals surface area contributed by atoms with Crippen LogP contribution >= 0.6 is 11.3 Å². The summed E-state index contributed by atoms with van der Waals surface area (Å²) in [7, 11) is 1.37. The molecule has 0 unspecified atom stereocenters. The van der Waals surface area contributed by atoms with Gasteiger partial charge in [-0.25, -0.2) is 4.79 Å². The van der Waals surface area contributed by atoms with E-state index in [1.807, 2.05) is 0 Å². The van der Waals surface area contributed by atoms with Gasteiger partial charge in [0.25, 0.3) is 5.91 Å². The van der Waals surface area contributed by atoms with Gasteiger partial charge in [0.2, 0.25) is 0 Å². The molecule has 2 aromatic heterocycles. The SMILES string of the molecule is COC(=O)c1c(NC(=O)c2cccnc2)sc2c1CC[C@H](C)C2. The first kappa shape index (κ1) is 15.7. The van der Waals surface area contributed by atoms with Crippen molar-refractivity contribution in [2.24, 2.45) is 5.92 Å². The number of esters is 1. The van der Waals surface area contributed by atoms with E-state index in [4.69, 9.17) is 4.74 Å². The van der Waals surface area contributed by atoms with Crippen LogP contribution in [0.5, 0.6) is 0 Å². The highest BCUT2D eigenvalue weighted by Crippen LogP contribution is 2.40. The number of amides is 1. The average Bonchev–Trinajstić information content (AvgIpc) is 2.91. The van der Waals surface area contributed by atoms with Crippen LogP contribution in [0.25, 0.3) is 0 Å². The van der Waals surface area contributed by atoms with E-state index in [0.717, 1.165) is 24.8 Å². The highest BCUT2D eigenvalue weighted by Gasteiger charge is 2.29. The molecule has 0 spiro atoms. The molecule has 0 fully saturated rings. The molecule has 2 heterocycles. The van der Waals surface area contributed by atoms with E-state index in [9.17, 15) is 9.59 Å². The van der Waals surface area contributed by atoms with Crippen molar-refractivity contribution < 1.29 is 14.3 Å². The monoisotopic (exact) mass is 330 g/mol. The van der Waals surface area contributed by atoms with Gasteiger partial charge in [0.1, 0.15) is 5.00 Å². The fourth-order valence-electron chi connectivity index (χ4n) is 2.83. The lowest BCUT2D eigenvalue weighted by Gasteiger charge is -2.18. The summed E-state index contributed by atoms with van der Waals surface area (Å²) in [6.07, 6.45) is 5.95. The fraction of sp³-hybridized carbons (Fsp3) is 0.353. The van der Waals surface area contributed by atoms with Crippen LogP contribution in [0.3, 0.4) is 0 Å². The zero-order valence-corrected chi connectivity index (χ0v) is 13.9. The molecule has 0 saturated carbocycles. The highest BCUT2D eigenvalue weighted by molar-refractivity contribution is 7.17. The molecule has 120 valence electrons. The lowest BCUT2D eigenvalue weighted by atomic mass is 9.88. The zero-order valence-electron chi connectivity index (χ0n) is 13.1. The molecular weight excluding hydrogens is 312 g/mol. The number of nitrogens with one attached hydrogen (secondary N) is 1. The molecule has 1 atom stereocenters. The zero-order chi connectivity index (χ0) is 16.4. The first-order chi connectivity index (χ1) is 11.1. The molecule has 23 heavy (non-hydrogen) atoms. The Morgan fingerprint density at radius 3 is 2.96 bits per heavy atom. The fourth-order valence-corrected chi connectivity index (χ4v) is 4.22. The normalized spacial score (nSPS) is 16.5. The summed E-state index contributed by atoms with van der Waals surface area (Å²) in [6.45, 7) is 2.20. The van der Waals surface area contributed by atoms with Gasteiger partial charge >= 0.3 is 5.97 Å². The molecule has 1 aliphatic carbocycles. The van der Waals surface area contributed by atoms with Crippen LogP contribution in [0, 0.1) is 5.92 Å². The molecule has 6 heteroatoms. The Bertz CT molecular complexity index is 740. The summed E-state index contributed by atoms with van der Waals surface area (Å²) in [5.74, 6) is -0.0676. The second-order valence-corrected chi connectivity index (χ2v) is 6.85. The maximum atomic E-state index is 12.4. The van der Waals surface area contributed by atoms with Crippen molar-refractivity contribution in [2.45, 2.75) is 26.2 Å². The van der Waals surface area contributed by atoms with Crippen LogP contribution in [0.15, 0.2) is 24.5 Å². The van der Waals surface area contributed by atoms with Crippen molar-refractivity contribution in [3.05, 3.63) is 46.1 Å². The quantitative estimate of drug-likeness (QED) is 0.877. The second kappa shape index (κ2) is 6.50. The van der Waals surface area contributed by atoms with Gasteiger partial charge in [0.15, 0.2) is 0 Å². The summed E-state index contributed by atoms with van der Waals surface area (Å²) in [4.78, 5) is 29.7. The van der Waals surface area contributed by atoms with Crippen molar-refractivity contribution in [1.82, 2.24) is 4.98 Å². The molecule has 0 radical (unpaired) electrons. The van der Waals surface area contributed by atoms with Crippen molar-refractivity contribution >= 4 is 28.2 Å². The number of fused-ring (bicyclic) bond motifs is 1. The Labute approximate surface area is 138 Å². The predicted molar refractivity (Wildman–Crippen MR) is 89.0 cm³/mol. The number of pyridine rings is 1. The molecule has 3 rings (SSSR count). The first-order valence-corrected chi connectivity index (χ1v) is 8.36. The minimum atomic E-state index is -0.390. The summed E-state index contributed by atoms with van der Waals surface area (Å²) >= 11 is 1.48. The maximum Gasteiger partial charge on any atom is 0.341 e. The third-order valence-electron chi connectivity index (χ3n) is 4.05. The van der Waals surface area contributed by atoms with E-state index in [1.54, 1.807) is 18.3 Å². The van der Waals surface area contributed by atoms with Crippen LogP contribution in [0.1, 0.15) is 44.5 Å². The summed E-state index contributed by atoms with van der Waals surface area (Å²) < 4.78 is 4.92. The number of methoxy groups -OCH3 is 1. The first-order valence-electron chi connectivity index (χ1n) is 7.54. The van der Waals surface area contributed by atoms with E-state index in [0.29, 0.717) is 22.0 Å². The number of carbonyl (C=O) groups excluding carboxylic acids is 2. The number of rotatable bonds is 3. The minimum Gasteiger partial charge on any atom is -0.465 e. The molecular formula is C17H18N2O3S. The Balaban J connectivity index is 1.95. The number of hydrogen-bond donors (Lipinski definition) is 1. The number of aromatic nitrogens is 1. The summed E-state index contributed by atoms with van der Waals surface area (Å²) in [5, 5.41) is 3.43.